The second-order valence-electron chi connectivity index (χ2n) is 5.64. The number of ether oxygens (including phenoxy) is 2. The van der Waals surface area contributed by atoms with Crippen LogP contribution in [0, 0.1) is 0 Å². The lowest BCUT2D eigenvalue weighted by Gasteiger charge is -2.18. The van der Waals surface area contributed by atoms with Gasteiger partial charge in [0.05, 0.1) is 18.1 Å². The number of nitrogens with zero attached hydrogens (tertiary/aromatic N) is 1. The average molecular weight is 381 g/mol. The molecule has 0 radical (unpaired) electrons. The molecule has 1 fully saturated rings. The summed E-state index contributed by atoms with van der Waals surface area (Å²) in [5.41, 5.74) is 0.733. The molecule has 1 heterocycles. The van der Waals surface area contributed by atoms with Crippen molar-refractivity contribution >= 4 is 46.3 Å². The van der Waals surface area contributed by atoms with Crippen LogP contribution in [0.3, 0.4) is 0 Å². The monoisotopic (exact) mass is 381 g/mol. The molecule has 8 heteroatoms. The van der Waals surface area contributed by atoms with Crippen LogP contribution >= 0.6 is 24.0 Å². The molecule has 1 aromatic rings. The summed E-state index contributed by atoms with van der Waals surface area (Å²) in [6.45, 7) is 5.27. The Morgan fingerprint density at radius 3 is 2.56 bits per heavy atom. The third kappa shape index (κ3) is 4.32. The highest BCUT2D eigenvalue weighted by Crippen LogP contribution is 2.35. The van der Waals surface area contributed by atoms with Gasteiger partial charge in [0.1, 0.15) is 10.4 Å². The minimum Gasteiger partial charge on any atom is -0.493 e. The summed E-state index contributed by atoms with van der Waals surface area (Å²) in [5.74, 6) is -0.348. The molecule has 1 amide bonds. The summed E-state index contributed by atoms with van der Waals surface area (Å²) in [7, 11) is 1.54. The molecule has 1 atom stereocenters. The van der Waals surface area contributed by atoms with Crippen molar-refractivity contribution in [2.45, 2.75) is 32.9 Å². The number of aliphatic carboxylic acids is 1. The third-order valence-electron chi connectivity index (χ3n) is 3.42. The third-order valence-corrected chi connectivity index (χ3v) is 4.75. The minimum atomic E-state index is -1.10. The number of benzene rings is 1. The van der Waals surface area contributed by atoms with Crippen LogP contribution < -0.4 is 9.47 Å². The second-order valence-corrected chi connectivity index (χ2v) is 7.32. The largest absolute Gasteiger partial charge is 0.493 e. The number of rotatable bonds is 6. The molecule has 1 unspecified atom stereocenters. The van der Waals surface area contributed by atoms with Gasteiger partial charge in [0.2, 0.25) is 0 Å². The minimum absolute atomic E-state index is 0.00788. The van der Waals surface area contributed by atoms with Crippen LogP contribution in [0.15, 0.2) is 23.1 Å². The molecular formula is C17H19NO5S2. The van der Waals surface area contributed by atoms with Crippen LogP contribution in [0.25, 0.3) is 6.08 Å². The summed E-state index contributed by atoms with van der Waals surface area (Å²) in [4.78, 5) is 25.1. The highest BCUT2D eigenvalue weighted by Gasteiger charge is 2.38. The molecule has 1 aromatic carbocycles. The molecule has 25 heavy (non-hydrogen) atoms. The van der Waals surface area contributed by atoms with Crippen LogP contribution in [0.5, 0.6) is 11.5 Å². The zero-order chi connectivity index (χ0) is 18.7. The van der Waals surface area contributed by atoms with Crippen molar-refractivity contribution in [1.82, 2.24) is 4.90 Å². The second kappa shape index (κ2) is 7.88. The lowest BCUT2D eigenvalue weighted by Crippen LogP contribution is -2.41. The van der Waals surface area contributed by atoms with Crippen LogP contribution in [0.4, 0.5) is 0 Å². The molecule has 6 nitrogen and oxygen atoms in total. The number of amides is 1. The fourth-order valence-electron chi connectivity index (χ4n) is 2.20. The Morgan fingerprint density at radius 1 is 1.32 bits per heavy atom. The molecule has 0 aliphatic carbocycles. The van der Waals surface area contributed by atoms with E-state index in [1.165, 1.54) is 6.92 Å². The Bertz CT molecular complexity index is 745. The van der Waals surface area contributed by atoms with Gasteiger partial charge in [-0.05, 0) is 44.5 Å². The van der Waals surface area contributed by atoms with Gasteiger partial charge in [-0.3, -0.25) is 9.69 Å². The normalized spacial score (nSPS) is 17.3. The standard InChI is InChI=1S/C17H19NO5S2/c1-9(2)23-12-6-5-11(7-13(12)22-4)8-14-15(19)18(17(24)25-14)10(3)16(20)21/h5-10H,1-4H3,(H,20,21)/b14-8-. The van der Waals surface area contributed by atoms with Crippen molar-refractivity contribution in [2.24, 2.45) is 0 Å². The number of carbonyl (C=O) groups excluding carboxylic acids is 1. The highest BCUT2D eigenvalue weighted by atomic mass is 32.2. The topological polar surface area (TPSA) is 76.1 Å². The molecule has 0 spiro atoms. The number of thioether (sulfide) groups is 1. The van der Waals surface area contributed by atoms with Crippen molar-refractivity contribution in [3.05, 3.63) is 28.7 Å². The summed E-state index contributed by atoms with van der Waals surface area (Å²) in [6.07, 6.45) is 1.67. The maximum atomic E-state index is 12.5. The number of carbonyl (C=O) groups is 2. The van der Waals surface area contributed by atoms with Gasteiger partial charge in [-0.2, -0.15) is 0 Å². The highest BCUT2D eigenvalue weighted by molar-refractivity contribution is 8.26. The van der Waals surface area contributed by atoms with Crippen molar-refractivity contribution in [3.8, 4) is 11.5 Å². The van der Waals surface area contributed by atoms with Crippen molar-refractivity contribution in [3.63, 3.8) is 0 Å². The molecule has 1 aliphatic rings. The molecule has 1 aliphatic heterocycles. The van der Waals surface area contributed by atoms with E-state index in [1.807, 2.05) is 13.8 Å². The first-order valence-electron chi connectivity index (χ1n) is 7.59. The predicted octanol–water partition coefficient (Wildman–Crippen LogP) is 3.16. The molecule has 1 saturated heterocycles. The van der Waals surface area contributed by atoms with Crippen LogP contribution in [0.1, 0.15) is 26.3 Å². The number of carboxylic acid groups (broad SMARTS) is 1. The molecule has 134 valence electrons. The summed E-state index contributed by atoms with van der Waals surface area (Å²) in [5, 5.41) is 9.11. The molecule has 1 N–H and O–H groups in total. The van der Waals surface area contributed by atoms with Crippen LogP contribution in [-0.4, -0.2) is 45.5 Å². The smallest absolute Gasteiger partial charge is 0.326 e. The van der Waals surface area contributed by atoms with E-state index in [0.29, 0.717) is 16.4 Å². The average Bonchev–Trinajstić information content (AvgIpc) is 2.81. The predicted molar refractivity (Wildman–Crippen MR) is 101 cm³/mol. The quantitative estimate of drug-likeness (QED) is 0.599. The van der Waals surface area contributed by atoms with Gasteiger partial charge in [0.15, 0.2) is 11.5 Å². The van der Waals surface area contributed by atoms with Gasteiger partial charge in [0, 0.05) is 0 Å². The molecule has 2 rings (SSSR count). The van der Waals surface area contributed by atoms with Crippen LogP contribution in [0.2, 0.25) is 0 Å². The Morgan fingerprint density at radius 2 is 2.00 bits per heavy atom. The molecule has 0 bridgehead atoms. The van der Waals surface area contributed by atoms with Gasteiger partial charge in [-0.25, -0.2) is 4.79 Å². The summed E-state index contributed by atoms with van der Waals surface area (Å²) >= 11 is 6.23. The number of hydrogen-bond acceptors (Lipinski definition) is 6. The zero-order valence-electron chi connectivity index (χ0n) is 14.3. The van der Waals surface area contributed by atoms with Gasteiger partial charge in [0.25, 0.3) is 5.91 Å². The Kier molecular flexibility index (Phi) is 6.07. The van der Waals surface area contributed by atoms with E-state index in [1.54, 1.807) is 31.4 Å². The number of carboxylic acids is 1. The zero-order valence-corrected chi connectivity index (χ0v) is 15.9. The number of hydrogen-bond donors (Lipinski definition) is 1. The molecule has 0 saturated carbocycles. The SMILES string of the molecule is COc1cc(/C=C2\SC(=S)N(C(C)C(=O)O)C2=O)ccc1OC(C)C. The van der Waals surface area contributed by atoms with Gasteiger partial charge in [-0.15, -0.1) is 0 Å². The van der Waals surface area contributed by atoms with E-state index in [-0.39, 0.29) is 10.4 Å². The van der Waals surface area contributed by atoms with E-state index in [0.717, 1.165) is 22.2 Å². The summed E-state index contributed by atoms with van der Waals surface area (Å²) < 4.78 is 11.2. The Balaban J connectivity index is 2.30. The fraction of sp³-hybridized carbons (Fsp3) is 0.353. The van der Waals surface area contributed by atoms with E-state index in [4.69, 9.17) is 26.8 Å². The lowest BCUT2D eigenvalue weighted by atomic mass is 10.1. The first-order chi connectivity index (χ1) is 11.7. The van der Waals surface area contributed by atoms with Crippen molar-refractivity contribution in [1.29, 1.82) is 0 Å². The fourth-order valence-corrected chi connectivity index (χ4v) is 3.62. The van der Waals surface area contributed by atoms with E-state index >= 15 is 0 Å². The number of thiocarbonyl (C=S) groups is 1. The Hall–Kier alpha value is -2.06. The Labute approximate surface area is 155 Å². The first-order valence-corrected chi connectivity index (χ1v) is 8.81. The van der Waals surface area contributed by atoms with Crippen LogP contribution in [-0.2, 0) is 9.59 Å². The van der Waals surface area contributed by atoms with E-state index in [2.05, 4.69) is 0 Å². The van der Waals surface area contributed by atoms with E-state index < -0.39 is 17.9 Å². The maximum absolute atomic E-state index is 12.5. The van der Waals surface area contributed by atoms with Gasteiger partial charge < -0.3 is 14.6 Å². The first kappa shape index (κ1) is 19.3. The van der Waals surface area contributed by atoms with Gasteiger partial charge >= 0.3 is 5.97 Å². The van der Waals surface area contributed by atoms with Crippen molar-refractivity contribution < 1.29 is 24.2 Å². The maximum Gasteiger partial charge on any atom is 0.326 e. The molecular weight excluding hydrogens is 362 g/mol. The lowest BCUT2D eigenvalue weighted by molar-refractivity contribution is -0.144. The molecule has 0 aromatic heterocycles. The van der Waals surface area contributed by atoms with E-state index in [9.17, 15) is 9.59 Å². The summed E-state index contributed by atoms with van der Waals surface area (Å²) in [6, 6.07) is 4.32. The van der Waals surface area contributed by atoms with Gasteiger partial charge in [-0.1, -0.05) is 30.0 Å². The van der Waals surface area contributed by atoms with Crippen molar-refractivity contribution in [2.75, 3.05) is 7.11 Å². The number of methoxy groups -OCH3 is 1.